The van der Waals surface area contributed by atoms with Gasteiger partial charge in [0.15, 0.2) is 0 Å². The topological polar surface area (TPSA) is 69.7 Å². The highest BCUT2D eigenvalue weighted by molar-refractivity contribution is 5.91. The highest BCUT2D eigenvalue weighted by atomic mass is 16.5. The number of rotatable bonds is 5. The second-order valence-corrected chi connectivity index (χ2v) is 7.77. The van der Waals surface area contributed by atoms with Crippen molar-refractivity contribution >= 4 is 11.9 Å². The number of hydrogen-bond donors (Lipinski definition) is 0. The fraction of sp³-hybridized carbons (Fsp3) is 0.304. The summed E-state index contributed by atoms with van der Waals surface area (Å²) in [5.74, 6) is -3.04. The van der Waals surface area contributed by atoms with E-state index in [1.54, 1.807) is 11.0 Å². The molecule has 0 radical (unpaired) electrons. The number of carboxylic acids is 1. The number of aliphatic carboxylic acids is 1. The third-order valence-corrected chi connectivity index (χ3v) is 6.27. The molecule has 0 aromatic heterocycles. The van der Waals surface area contributed by atoms with Gasteiger partial charge in [0, 0.05) is 18.4 Å². The number of carbonyl (C=O) groups is 2. The van der Waals surface area contributed by atoms with E-state index in [1.165, 1.54) is 0 Å². The Balaban J connectivity index is 1.56. The number of amides is 1. The molecule has 2 aromatic carbocycles. The minimum Gasteiger partial charge on any atom is -0.550 e. The quantitative estimate of drug-likeness (QED) is 0.741. The van der Waals surface area contributed by atoms with Gasteiger partial charge in [-0.25, -0.2) is 0 Å². The maximum Gasteiger partial charge on any atom is 0.230 e. The Morgan fingerprint density at radius 1 is 1.04 bits per heavy atom. The first-order valence-corrected chi connectivity index (χ1v) is 9.56. The number of carbonyl (C=O) groups excluding carboxylic acids is 2. The van der Waals surface area contributed by atoms with Crippen molar-refractivity contribution in [2.45, 2.75) is 30.7 Å². The van der Waals surface area contributed by atoms with Crippen molar-refractivity contribution in [2.75, 3.05) is 0 Å². The van der Waals surface area contributed by atoms with Crippen LogP contribution in [0.3, 0.4) is 0 Å². The Morgan fingerprint density at radius 3 is 2.32 bits per heavy atom. The zero-order valence-corrected chi connectivity index (χ0v) is 15.2. The summed E-state index contributed by atoms with van der Waals surface area (Å²) in [6.07, 6.45) is 3.72. The molecule has 0 N–H and O–H groups in total. The molecule has 0 unspecified atom stereocenters. The monoisotopic (exact) mass is 374 g/mol. The van der Waals surface area contributed by atoms with Crippen LogP contribution >= 0.6 is 0 Å². The number of nitrogens with zero attached hydrogens (tertiary/aromatic N) is 1. The Bertz CT molecular complexity index is 942. The van der Waals surface area contributed by atoms with Crippen molar-refractivity contribution in [1.82, 2.24) is 4.90 Å². The van der Waals surface area contributed by atoms with Gasteiger partial charge < -0.3 is 19.5 Å². The van der Waals surface area contributed by atoms with Crippen LogP contribution in [0.5, 0.6) is 0 Å². The predicted molar refractivity (Wildman–Crippen MR) is 99.7 cm³/mol. The van der Waals surface area contributed by atoms with Crippen molar-refractivity contribution in [3.8, 4) is 0 Å². The normalized spacial score (nSPS) is 32.7. The van der Waals surface area contributed by atoms with Crippen molar-refractivity contribution in [3.05, 3.63) is 83.9 Å². The fourth-order valence-electron chi connectivity index (χ4n) is 5.06. The van der Waals surface area contributed by atoms with Gasteiger partial charge in [0.1, 0.15) is 5.60 Å². The van der Waals surface area contributed by atoms with Gasteiger partial charge in [0.2, 0.25) is 5.91 Å². The lowest BCUT2D eigenvalue weighted by atomic mass is 9.74. The van der Waals surface area contributed by atoms with Gasteiger partial charge in [0.25, 0.3) is 0 Å². The van der Waals surface area contributed by atoms with Crippen LogP contribution in [-0.4, -0.2) is 34.5 Å². The zero-order chi connectivity index (χ0) is 19.3. The smallest absolute Gasteiger partial charge is 0.230 e. The van der Waals surface area contributed by atoms with Gasteiger partial charge in [-0.05, 0) is 17.5 Å². The van der Waals surface area contributed by atoms with Crippen molar-refractivity contribution in [1.29, 1.82) is 0 Å². The molecule has 0 aliphatic carbocycles. The van der Waals surface area contributed by atoms with E-state index in [4.69, 9.17) is 4.74 Å². The predicted octanol–water partition coefficient (Wildman–Crippen LogP) is 1.33. The van der Waals surface area contributed by atoms with Crippen LogP contribution in [-0.2, 0) is 27.3 Å². The van der Waals surface area contributed by atoms with Gasteiger partial charge in [-0.1, -0.05) is 72.8 Å². The van der Waals surface area contributed by atoms with Gasteiger partial charge in [0.05, 0.1) is 18.1 Å². The Morgan fingerprint density at radius 2 is 1.68 bits per heavy atom. The average molecular weight is 374 g/mol. The molecule has 5 rings (SSSR count). The van der Waals surface area contributed by atoms with Crippen molar-refractivity contribution in [2.24, 2.45) is 11.8 Å². The van der Waals surface area contributed by atoms with Crippen LogP contribution < -0.4 is 5.11 Å². The third-order valence-electron chi connectivity index (χ3n) is 6.27. The van der Waals surface area contributed by atoms with Gasteiger partial charge in [-0.2, -0.15) is 0 Å². The van der Waals surface area contributed by atoms with E-state index in [1.807, 2.05) is 66.7 Å². The third kappa shape index (κ3) is 2.43. The molecule has 0 saturated carbocycles. The average Bonchev–Trinajstić information content (AvgIpc) is 3.34. The molecule has 5 nitrogen and oxygen atoms in total. The van der Waals surface area contributed by atoms with E-state index < -0.39 is 29.5 Å². The summed E-state index contributed by atoms with van der Waals surface area (Å²) >= 11 is 0. The number of carboxylic acid groups (broad SMARTS) is 1. The van der Waals surface area contributed by atoms with Crippen LogP contribution in [0.2, 0.25) is 0 Å². The van der Waals surface area contributed by atoms with E-state index in [0.717, 1.165) is 11.1 Å². The molecule has 28 heavy (non-hydrogen) atoms. The summed E-state index contributed by atoms with van der Waals surface area (Å²) in [7, 11) is 0. The standard InChI is InChI=1S/C23H21NO4/c25-21-20-19(22(26)27)17-11-12-23(20,28-17)18(13-15-7-3-1-4-8-15)24(21)14-16-9-5-2-6-10-16/h1-12,17-20H,13-14H2,(H,26,27)/p-1/t17-,18-,19-,20+,23-/m1/s1. The minimum absolute atomic E-state index is 0.161. The van der Waals surface area contributed by atoms with Crippen LogP contribution in [0.1, 0.15) is 11.1 Å². The lowest BCUT2D eigenvalue weighted by molar-refractivity contribution is -0.313. The number of fused-ring (bicyclic) bond motifs is 1. The van der Waals surface area contributed by atoms with E-state index >= 15 is 0 Å². The first-order chi connectivity index (χ1) is 13.6. The first-order valence-electron chi connectivity index (χ1n) is 9.56. The first kappa shape index (κ1) is 17.2. The maximum atomic E-state index is 13.4. The highest BCUT2D eigenvalue weighted by Gasteiger charge is 2.69. The molecular weight excluding hydrogens is 354 g/mol. The SMILES string of the molecule is O=C([O-])[C@H]1[C@H]2C(=O)N(Cc3ccccc3)[C@H](Cc3ccccc3)[C@]23C=C[C@H]1O3. The number of likely N-dealkylation sites (tertiary alicyclic amines) is 1. The lowest BCUT2D eigenvalue weighted by Gasteiger charge is -2.33. The van der Waals surface area contributed by atoms with E-state index in [-0.39, 0.29) is 11.9 Å². The van der Waals surface area contributed by atoms with Crippen LogP contribution in [0.15, 0.2) is 72.8 Å². The molecule has 142 valence electrons. The van der Waals surface area contributed by atoms with E-state index in [9.17, 15) is 14.7 Å². The molecule has 3 heterocycles. The molecule has 2 aromatic rings. The van der Waals surface area contributed by atoms with E-state index in [2.05, 4.69) is 0 Å². The fourth-order valence-corrected chi connectivity index (χ4v) is 5.06. The molecule has 5 atom stereocenters. The maximum absolute atomic E-state index is 13.4. The number of benzene rings is 2. The molecule has 3 aliphatic rings. The molecule has 1 spiro atoms. The molecule has 1 amide bonds. The zero-order valence-electron chi connectivity index (χ0n) is 15.2. The van der Waals surface area contributed by atoms with Crippen molar-refractivity contribution < 1.29 is 19.4 Å². The molecule has 5 heteroatoms. The second kappa shape index (κ2) is 6.31. The molecule has 2 bridgehead atoms. The Labute approximate surface area is 163 Å². The van der Waals surface area contributed by atoms with Crippen LogP contribution in [0, 0.1) is 11.8 Å². The van der Waals surface area contributed by atoms with E-state index in [0.29, 0.717) is 13.0 Å². The summed E-state index contributed by atoms with van der Waals surface area (Å²) in [6, 6.07) is 19.4. The molecular formula is C23H20NO4-. The summed E-state index contributed by atoms with van der Waals surface area (Å²) in [6.45, 7) is 0.428. The molecule has 2 fully saturated rings. The molecule has 2 saturated heterocycles. The van der Waals surface area contributed by atoms with Gasteiger partial charge in [-0.15, -0.1) is 0 Å². The van der Waals surface area contributed by atoms with Gasteiger partial charge >= 0.3 is 0 Å². The molecule has 3 aliphatic heterocycles. The number of hydrogen-bond acceptors (Lipinski definition) is 4. The number of ether oxygens (including phenoxy) is 1. The Hall–Kier alpha value is -2.92. The highest BCUT2D eigenvalue weighted by Crippen LogP contribution is 2.55. The minimum atomic E-state index is -1.21. The van der Waals surface area contributed by atoms with Crippen molar-refractivity contribution in [3.63, 3.8) is 0 Å². The summed E-state index contributed by atoms with van der Waals surface area (Å²) in [5.41, 5.74) is 1.19. The van der Waals surface area contributed by atoms with Crippen LogP contribution in [0.25, 0.3) is 0 Å². The Kier molecular flexibility index (Phi) is 3.88. The lowest BCUT2D eigenvalue weighted by Crippen LogP contribution is -2.47. The van der Waals surface area contributed by atoms with Gasteiger partial charge in [-0.3, -0.25) is 4.79 Å². The summed E-state index contributed by atoms with van der Waals surface area (Å²) in [5, 5.41) is 11.8. The van der Waals surface area contributed by atoms with Crippen LogP contribution in [0.4, 0.5) is 0 Å². The second-order valence-electron chi connectivity index (χ2n) is 7.77. The summed E-state index contributed by atoms with van der Waals surface area (Å²) in [4.78, 5) is 27.0. The largest absolute Gasteiger partial charge is 0.550 e. The summed E-state index contributed by atoms with van der Waals surface area (Å²) < 4.78 is 6.19.